The van der Waals surface area contributed by atoms with Gasteiger partial charge in [-0.1, -0.05) is 0 Å². The minimum absolute atomic E-state index is 0.0780. The number of anilines is 1. The van der Waals surface area contributed by atoms with Gasteiger partial charge in [-0.25, -0.2) is 4.98 Å². The van der Waals surface area contributed by atoms with Crippen molar-refractivity contribution >= 4 is 5.82 Å². The molecule has 0 amide bonds. The van der Waals surface area contributed by atoms with Crippen molar-refractivity contribution in [3.05, 3.63) is 18.1 Å². The summed E-state index contributed by atoms with van der Waals surface area (Å²) in [5, 5.41) is 9.02. The third kappa shape index (κ3) is 2.15. The Morgan fingerprint density at radius 2 is 2.38 bits per heavy atom. The molecule has 1 aromatic heterocycles. The van der Waals surface area contributed by atoms with E-state index in [0.717, 1.165) is 18.8 Å². The summed E-state index contributed by atoms with van der Waals surface area (Å²) in [6.45, 7) is 2.78. The van der Waals surface area contributed by atoms with E-state index < -0.39 is 0 Å². The number of aliphatic hydroxyl groups is 1. The normalized spacial score (nSPS) is 24.7. The SMILES string of the molecule is CC1OCCC1N(C)c1cncc(CO)n1. The number of hydrogen-bond acceptors (Lipinski definition) is 5. The van der Waals surface area contributed by atoms with Crippen molar-refractivity contribution in [2.75, 3.05) is 18.6 Å². The second kappa shape index (κ2) is 4.76. The van der Waals surface area contributed by atoms with Crippen LogP contribution in [0.1, 0.15) is 19.0 Å². The van der Waals surface area contributed by atoms with Gasteiger partial charge in [-0.3, -0.25) is 4.98 Å². The fourth-order valence-electron chi connectivity index (χ4n) is 2.04. The predicted molar refractivity (Wildman–Crippen MR) is 60.2 cm³/mol. The molecule has 1 aliphatic rings. The molecule has 1 aliphatic heterocycles. The van der Waals surface area contributed by atoms with E-state index >= 15 is 0 Å². The first kappa shape index (κ1) is 11.3. The molecule has 0 aromatic carbocycles. The van der Waals surface area contributed by atoms with Crippen LogP contribution in [0.3, 0.4) is 0 Å². The van der Waals surface area contributed by atoms with Crippen molar-refractivity contribution in [1.29, 1.82) is 0 Å². The maximum atomic E-state index is 9.02. The third-order valence-electron chi connectivity index (χ3n) is 3.03. The van der Waals surface area contributed by atoms with Gasteiger partial charge in [-0.05, 0) is 13.3 Å². The molecule has 88 valence electrons. The highest BCUT2D eigenvalue weighted by molar-refractivity contribution is 5.37. The minimum atomic E-state index is -0.0780. The van der Waals surface area contributed by atoms with Gasteiger partial charge in [0.25, 0.3) is 0 Å². The summed E-state index contributed by atoms with van der Waals surface area (Å²) in [5.74, 6) is 0.786. The molecular weight excluding hydrogens is 206 g/mol. The van der Waals surface area contributed by atoms with Crippen molar-refractivity contribution in [2.45, 2.75) is 32.1 Å². The van der Waals surface area contributed by atoms with E-state index in [4.69, 9.17) is 9.84 Å². The standard InChI is InChI=1S/C11H17N3O2/c1-8-10(3-4-16-8)14(2)11-6-12-5-9(7-15)13-11/h5-6,8,10,15H,3-4,7H2,1-2H3. The van der Waals surface area contributed by atoms with Gasteiger partial charge in [0.1, 0.15) is 5.82 Å². The molecule has 2 atom stereocenters. The van der Waals surface area contributed by atoms with Gasteiger partial charge in [0, 0.05) is 13.7 Å². The Morgan fingerprint density at radius 3 is 3.00 bits per heavy atom. The van der Waals surface area contributed by atoms with Crippen LogP contribution in [0.5, 0.6) is 0 Å². The maximum absolute atomic E-state index is 9.02. The topological polar surface area (TPSA) is 58.5 Å². The van der Waals surface area contributed by atoms with Crippen LogP contribution in [0.2, 0.25) is 0 Å². The molecule has 5 nitrogen and oxygen atoms in total. The second-order valence-electron chi connectivity index (χ2n) is 4.07. The lowest BCUT2D eigenvalue weighted by atomic mass is 10.1. The van der Waals surface area contributed by atoms with Crippen LogP contribution in [0.25, 0.3) is 0 Å². The molecule has 0 aliphatic carbocycles. The lowest BCUT2D eigenvalue weighted by Crippen LogP contribution is -2.37. The van der Waals surface area contributed by atoms with Gasteiger partial charge >= 0.3 is 0 Å². The quantitative estimate of drug-likeness (QED) is 0.812. The average molecular weight is 223 g/mol. The minimum Gasteiger partial charge on any atom is -0.390 e. The van der Waals surface area contributed by atoms with Crippen LogP contribution in [0.4, 0.5) is 5.82 Å². The highest BCUT2D eigenvalue weighted by atomic mass is 16.5. The molecule has 1 N–H and O–H groups in total. The van der Waals surface area contributed by atoms with E-state index in [9.17, 15) is 0 Å². The van der Waals surface area contributed by atoms with E-state index in [2.05, 4.69) is 21.8 Å². The highest BCUT2D eigenvalue weighted by Crippen LogP contribution is 2.22. The number of likely N-dealkylation sites (N-methyl/N-ethyl adjacent to an activating group) is 1. The van der Waals surface area contributed by atoms with Crippen LogP contribution >= 0.6 is 0 Å². The number of aromatic nitrogens is 2. The number of ether oxygens (including phenoxy) is 1. The number of nitrogens with zero attached hydrogens (tertiary/aromatic N) is 3. The molecule has 0 spiro atoms. The predicted octanol–water partition coefficient (Wildman–Crippen LogP) is 0.583. The molecule has 1 aromatic rings. The largest absolute Gasteiger partial charge is 0.390 e. The smallest absolute Gasteiger partial charge is 0.147 e. The first-order valence-electron chi connectivity index (χ1n) is 5.48. The Balaban J connectivity index is 2.16. The van der Waals surface area contributed by atoms with Gasteiger partial charge in [0.15, 0.2) is 0 Å². The Labute approximate surface area is 95.1 Å². The molecule has 0 bridgehead atoms. The first-order chi connectivity index (χ1) is 7.72. The molecule has 0 saturated carbocycles. The fraction of sp³-hybridized carbons (Fsp3) is 0.636. The van der Waals surface area contributed by atoms with E-state index in [1.54, 1.807) is 12.4 Å². The van der Waals surface area contributed by atoms with Gasteiger partial charge in [-0.15, -0.1) is 0 Å². The number of aliphatic hydroxyl groups excluding tert-OH is 1. The Bertz CT molecular complexity index is 359. The third-order valence-corrected chi connectivity index (χ3v) is 3.03. The van der Waals surface area contributed by atoms with Crippen LogP contribution in [-0.4, -0.2) is 40.9 Å². The fourth-order valence-corrected chi connectivity index (χ4v) is 2.04. The summed E-state index contributed by atoms with van der Waals surface area (Å²) in [7, 11) is 1.99. The number of rotatable bonds is 3. The Kier molecular flexibility index (Phi) is 3.36. The van der Waals surface area contributed by atoms with Crippen LogP contribution in [0, 0.1) is 0 Å². The first-order valence-corrected chi connectivity index (χ1v) is 5.48. The van der Waals surface area contributed by atoms with E-state index in [0.29, 0.717) is 11.7 Å². The van der Waals surface area contributed by atoms with Gasteiger partial charge in [-0.2, -0.15) is 0 Å². The summed E-state index contributed by atoms with van der Waals surface area (Å²) < 4.78 is 5.53. The van der Waals surface area contributed by atoms with Crippen molar-refractivity contribution < 1.29 is 9.84 Å². The van der Waals surface area contributed by atoms with Crippen LogP contribution < -0.4 is 4.90 Å². The van der Waals surface area contributed by atoms with Crippen molar-refractivity contribution in [1.82, 2.24) is 9.97 Å². The lowest BCUT2D eigenvalue weighted by molar-refractivity contribution is 0.118. The van der Waals surface area contributed by atoms with Crippen molar-refractivity contribution in [2.24, 2.45) is 0 Å². The molecule has 16 heavy (non-hydrogen) atoms. The lowest BCUT2D eigenvalue weighted by Gasteiger charge is -2.27. The van der Waals surface area contributed by atoms with E-state index in [1.165, 1.54) is 0 Å². The van der Waals surface area contributed by atoms with Crippen molar-refractivity contribution in [3.8, 4) is 0 Å². The summed E-state index contributed by atoms with van der Waals surface area (Å²) in [4.78, 5) is 10.5. The molecular formula is C11H17N3O2. The molecule has 0 radical (unpaired) electrons. The Morgan fingerprint density at radius 1 is 1.56 bits per heavy atom. The average Bonchev–Trinajstić information content (AvgIpc) is 2.74. The second-order valence-corrected chi connectivity index (χ2v) is 4.07. The highest BCUT2D eigenvalue weighted by Gasteiger charge is 2.28. The van der Waals surface area contributed by atoms with Gasteiger partial charge in [0.2, 0.25) is 0 Å². The summed E-state index contributed by atoms with van der Waals surface area (Å²) >= 11 is 0. The summed E-state index contributed by atoms with van der Waals surface area (Å²) in [6, 6.07) is 0.336. The zero-order valence-electron chi connectivity index (χ0n) is 9.63. The monoisotopic (exact) mass is 223 g/mol. The molecule has 2 rings (SSSR count). The van der Waals surface area contributed by atoms with E-state index in [1.807, 2.05) is 7.05 Å². The van der Waals surface area contributed by atoms with Gasteiger partial charge in [0.05, 0.1) is 36.8 Å². The molecule has 2 unspecified atom stereocenters. The van der Waals surface area contributed by atoms with Gasteiger partial charge < -0.3 is 14.7 Å². The van der Waals surface area contributed by atoms with Crippen LogP contribution in [-0.2, 0) is 11.3 Å². The van der Waals surface area contributed by atoms with Crippen LogP contribution in [0.15, 0.2) is 12.4 Å². The molecule has 1 saturated heterocycles. The molecule has 5 heteroatoms. The molecule has 1 fully saturated rings. The number of hydrogen-bond donors (Lipinski definition) is 1. The molecule has 2 heterocycles. The van der Waals surface area contributed by atoms with Crippen molar-refractivity contribution in [3.63, 3.8) is 0 Å². The summed E-state index contributed by atoms with van der Waals surface area (Å²) in [6.07, 6.45) is 4.50. The zero-order chi connectivity index (χ0) is 11.5. The zero-order valence-corrected chi connectivity index (χ0v) is 9.63. The Hall–Kier alpha value is -1.20. The van der Waals surface area contributed by atoms with E-state index in [-0.39, 0.29) is 12.7 Å². The maximum Gasteiger partial charge on any atom is 0.147 e. The summed E-state index contributed by atoms with van der Waals surface area (Å²) in [5.41, 5.74) is 0.593.